The molecule has 0 unspecified atom stereocenters. The van der Waals surface area contributed by atoms with Crippen LogP contribution in [0.3, 0.4) is 0 Å². The van der Waals surface area contributed by atoms with Crippen LogP contribution in [0.15, 0.2) is 29.1 Å². The lowest BCUT2D eigenvalue weighted by atomic mass is 10.1. The molecule has 0 radical (unpaired) electrons. The van der Waals surface area contributed by atoms with E-state index in [1.165, 1.54) is 6.39 Å². The van der Waals surface area contributed by atoms with Gasteiger partial charge in [0.2, 0.25) is 5.75 Å². The first kappa shape index (κ1) is 11.3. The molecule has 0 aliphatic rings. The molecule has 0 saturated heterocycles. The van der Waals surface area contributed by atoms with E-state index in [1.807, 2.05) is 12.1 Å². The van der Waals surface area contributed by atoms with Crippen LogP contribution in [-0.2, 0) is 0 Å². The van der Waals surface area contributed by atoms with E-state index in [4.69, 9.17) is 18.6 Å². The van der Waals surface area contributed by atoms with Crippen LogP contribution in [0.2, 0.25) is 0 Å². The fourth-order valence-corrected chi connectivity index (χ4v) is 1.58. The van der Waals surface area contributed by atoms with Gasteiger partial charge in [-0.05, 0) is 12.1 Å². The summed E-state index contributed by atoms with van der Waals surface area (Å²) >= 11 is 0. The second-order valence-corrected chi connectivity index (χ2v) is 3.28. The Morgan fingerprint density at radius 1 is 1.00 bits per heavy atom. The summed E-state index contributed by atoms with van der Waals surface area (Å²) < 4.78 is 21.0. The largest absolute Gasteiger partial charge is 0.493 e. The van der Waals surface area contributed by atoms with Crippen LogP contribution in [0.1, 0.15) is 0 Å². The minimum Gasteiger partial charge on any atom is -0.493 e. The third-order valence-electron chi connectivity index (χ3n) is 2.38. The maximum Gasteiger partial charge on any atom is 0.203 e. The Morgan fingerprint density at radius 2 is 1.65 bits per heavy atom. The van der Waals surface area contributed by atoms with Gasteiger partial charge in [-0.25, -0.2) is 4.98 Å². The number of oxazole rings is 1. The van der Waals surface area contributed by atoms with Gasteiger partial charge in [-0.1, -0.05) is 0 Å². The van der Waals surface area contributed by atoms with E-state index in [9.17, 15) is 0 Å². The minimum atomic E-state index is 0.554. The quantitative estimate of drug-likeness (QED) is 0.814. The third-order valence-corrected chi connectivity index (χ3v) is 2.38. The molecule has 90 valence electrons. The Balaban J connectivity index is 2.56. The molecule has 2 rings (SSSR count). The lowest BCUT2D eigenvalue weighted by molar-refractivity contribution is 0.324. The standard InChI is InChI=1S/C12H13NO4/c1-14-9-4-8(11-6-13-7-17-11)5-10(15-2)12(9)16-3/h4-7H,1-3H3. The molecule has 1 heterocycles. The van der Waals surface area contributed by atoms with Gasteiger partial charge in [-0.3, -0.25) is 0 Å². The van der Waals surface area contributed by atoms with Crippen LogP contribution >= 0.6 is 0 Å². The number of hydrogen-bond donors (Lipinski definition) is 0. The highest BCUT2D eigenvalue weighted by Gasteiger charge is 2.15. The fraction of sp³-hybridized carbons (Fsp3) is 0.250. The molecule has 0 fully saturated rings. The number of nitrogens with zero attached hydrogens (tertiary/aromatic N) is 1. The first-order valence-corrected chi connectivity index (χ1v) is 4.99. The molecule has 0 amide bonds. The van der Waals surface area contributed by atoms with E-state index in [0.29, 0.717) is 23.0 Å². The van der Waals surface area contributed by atoms with Gasteiger partial charge in [0, 0.05) is 5.56 Å². The van der Waals surface area contributed by atoms with Crippen molar-refractivity contribution in [2.24, 2.45) is 0 Å². The highest BCUT2D eigenvalue weighted by atomic mass is 16.5. The van der Waals surface area contributed by atoms with Gasteiger partial charge in [0.25, 0.3) is 0 Å². The second-order valence-electron chi connectivity index (χ2n) is 3.28. The molecule has 0 atom stereocenters. The smallest absolute Gasteiger partial charge is 0.203 e. The molecule has 17 heavy (non-hydrogen) atoms. The van der Waals surface area contributed by atoms with Crippen LogP contribution in [0.4, 0.5) is 0 Å². The first-order valence-electron chi connectivity index (χ1n) is 4.99. The van der Waals surface area contributed by atoms with E-state index in [0.717, 1.165) is 5.56 Å². The monoisotopic (exact) mass is 235 g/mol. The number of aromatic nitrogens is 1. The number of ether oxygens (including phenoxy) is 3. The van der Waals surface area contributed by atoms with Crippen molar-refractivity contribution in [3.05, 3.63) is 24.7 Å². The average molecular weight is 235 g/mol. The second kappa shape index (κ2) is 4.78. The van der Waals surface area contributed by atoms with Crippen molar-refractivity contribution in [2.75, 3.05) is 21.3 Å². The van der Waals surface area contributed by atoms with E-state index < -0.39 is 0 Å². The van der Waals surface area contributed by atoms with Gasteiger partial charge in [0.1, 0.15) is 0 Å². The fourth-order valence-electron chi connectivity index (χ4n) is 1.58. The molecular formula is C12H13NO4. The predicted octanol–water partition coefficient (Wildman–Crippen LogP) is 2.37. The Bertz CT molecular complexity index is 468. The molecule has 1 aromatic heterocycles. The lowest BCUT2D eigenvalue weighted by Crippen LogP contribution is -1.95. The molecule has 2 aromatic rings. The molecular weight excluding hydrogens is 222 g/mol. The normalized spacial score (nSPS) is 10.1. The molecule has 0 spiro atoms. The molecule has 0 aliphatic heterocycles. The summed E-state index contributed by atoms with van der Waals surface area (Å²) in [5.74, 6) is 2.36. The number of rotatable bonds is 4. The van der Waals surface area contributed by atoms with Gasteiger partial charge in [-0.15, -0.1) is 0 Å². The zero-order valence-corrected chi connectivity index (χ0v) is 9.89. The Kier molecular flexibility index (Phi) is 3.18. The first-order chi connectivity index (χ1) is 8.30. The molecule has 0 N–H and O–H groups in total. The van der Waals surface area contributed by atoms with Gasteiger partial charge in [0.05, 0.1) is 27.5 Å². The van der Waals surface area contributed by atoms with E-state index in [2.05, 4.69) is 4.98 Å². The number of methoxy groups -OCH3 is 3. The van der Waals surface area contributed by atoms with Crippen LogP contribution in [0, 0.1) is 0 Å². The Hall–Kier alpha value is -2.17. The van der Waals surface area contributed by atoms with Crippen LogP contribution in [-0.4, -0.2) is 26.3 Å². The van der Waals surface area contributed by atoms with Gasteiger partial charge in [-0.2, -0.15) is 0 Å². The third kappa shape index (κ3) is 2.04. The summed E-state index contributed by atoms with van der Waals surface area (Å²) in [7, 11) is 4.71. The Labute approximate surface area is 98.9 Å². The maximum atomic E-state index is 5.25. The van der Waals surface area contributed by atoms with Crippen LogP contribution in [0.25, 0.3) is 11.3 Å². The number of benzene rings is 1. The summed E-state index contributed by atoms with van der Waals surface area (Å²) in [5, 5.41) is 0. The van der Waals surface area contributed by atoms with E-state index >= 15 is 0 Å². The number of hydrogen-bond acceptors (Lipinski definition) is 5. The lowest BCUT2D eigenvalue weighted by Gasteiger charge is -2.13. The summed E-state index contributed by atoms with van der Waals surface area (Å²) in [6.45, 7) is 0. The summed E-state index contributed by atoms with van der Waals surface area (Å²) in [4.78, 5) is 3.87. The predicted molar refractivity (Wildman–Crippen MR) is 61.6 cm³/mol. The van der Waals surface area contributed by atoms with Crippen molar-refractivity contribution in [3.63, 3.8) is 0 Å². The Morgan fingerprint density at radius 3 is 2.06 bits per heavy atom. The van der Waals surface area contributed by atoms with E-state index in [1.54, 1.807) is 27.5 Å². The minimum absolute atomic E-state index is 0.554. The summed E-state index contributed by atoms with van der Waals surface area (Å²) in [5.41, 5.74) is 0.817. The maximum absolute atomic E-state index is 5.25. The van der Waals surface area contributed by atoms with E-state index in [-0.39, 0.29) is 0 Å². The van der Waals surface area contributed by atoms with Gasteiger partial charge in [0.15, 0.2) is 23.7 Å². The summed E-state index contributed by atoms with van der Waals surface area (Å²) in [6, 6.07) is 3.61. The average Bonchev–Trinajstić information content (AvgIpc) is 2.90. The van der Waals surface area contributed by atoms with Crippen molar-refractivity contribution in [3.8, 4) is 28.6 Å². The summed E-state index contributed by atoms with van der Waals surface area (Å²) in [6.07, 6.45) is 3.00. The van der Waals surface area contributed by atoms with Crippen LogP contribution in [0.5, 0.6) is 17.2 Å². The molecule has 0 bridgehead atoms. The molecule has 0 aliphatic carbocycles. The van der Waals surface area contributed by atoms with Gasteiger partial charge >= 0.3 is 0 Å². The molecule has 1 aromatic carbocycles. The van der Waals surface area contributed by atoms with Crippen molar-refractivity contribution in [1.82, 2.24) is 4.98 Å². The SMILES string of the molecule is COc1cc(-c2cnco2)cc(OC)c1OC. The van der Waals surface area contributed by atoms with Crippen molar-refractivity contribution >= 4 is 0 Å². The zero-order chi connectivity index (χ0) is 12.3. The van der Waals surface area contributed by atoms with Gasteiger partial charge < -0.3 is 18.6 Å². The van der Waals surface area contributed by atoms with Crippen molar-refractivity contribution in [2.45, 2.75) is 0 Å². The zero-order valence-electron chi connectivity index (χ0n) is 9.89. The molecule has 0 saturated carbocycles. The van der Waals surface area contributed by atoms with Crippen molar-refractivity contribution in [1.29, 1.82) is 0 Å². The highest BCUT2D eigenvalue weighted by molar-refractivity contribution is 5.67. The van der Waals surface area contributed by atoms with Crippen molar-refractivity contribution < 1.29 is 18.6 Å². The van der Waals surface area contributed by atoms with Crippen LogP contribution < -0.4 is 14.2 Å². The molecule has 5 heteroatoms. The highest BCUT2D eigenvalue weighted by Crippen LogP contribution is 2.40. The topological polar surface area (TPSA) is 53.7 Å². The molecule has 5 nitrogen and oxygen atoms in total.